The van der Waals surface area contributed by atoms with E-state index in [0.29, 0.717) is 9.13 Å². The zero-order valence-electron chi connectivity index (χ0n) is 16.8. The van der Waals surface area contributed by atoms with Crippen molar-refractivity contribution in [1.82, 2.24) is 0 Å². The van der Waals surface area contributed by atoms with Gasteiger partial charge in [0.15, 0.2) is 34.7 Å². The van der Waals surface area contributed by atoms with Crippen molar-refractivity contribution in [3.63, 3.8) is 0 Å². The lowest BCUT2D eigenvalue weighted by Crippen LogP contribution is -2.68. The van der Waals surface area contributed by atoms with E-state index >= 15 is 0 Å². The topological polar surface area (TPSA) is 155 Å². The zero-order chi connectivity index (χ0) is 23.0. The molecule has 1 aromatic carbocycles. The van der Waals surface area contributed by atoms with E-state index < -0.39 is 58.3 Å². The molecule has 0 spiro atoms. The summed E-state index contributed by atoms with van der Waals surface area (Å²) in [6, 6.07) is 1.74. The van der Waals surface area contributed by atoms with Crippen LogP contribution in [0.3, 0.4) is 0 Å². The monoisotopic (exact) mass is 540 g/mol. The largest absolute Gasteiger partial charge is 0.506 e. The van der Waals surface area contributed by atoms with Crippen LogP contribution < -0.4 is 10.6 Å². The van der Waals surface area contributed by atoms with Gasteiger partial charge in [0.2, 0.25) is 5.91 Å². The van der Waals surface area contributed by atoms with Crippen molar-refractivity contribution in [2.75, 3.05) is 19.0 Å². The van der Waals surface area contributed by atoms with E-state index in [2.05, 4.69) is 0 Å². The second-order valence-electron chi connectivity index (χ2n) is 8.71. The van der Waals surface area contributed by atoms with Crippen LogP contribution in [0.5, 0.6) is 5.75 Å². The van der Waals surface area contributed by atoms with Crippen molar-refractivity contribution in [2.45, 2.75) is 24.9 Å². The van der Waals surface area contributed by atoms with Crippen LogP contribution in [0, 0.1) is 27.2 Å². The fourth-order valence-electron chi connectivity index (χ4n) is 5.38. The summed E-state index contributed by atoms with van der Waals surface area (Å²) in [5.41, 5.74) is 3.88. The molecule has 2 saturated carbocycles. The molecule has 164 valence electrons. The Kier molecular flexibility index (Phi) is 5.00. The number of phenolic OH excluding ortho intramolecular Hbond substituents is 1. The number of amides is 1. The smallest absolute Gasteiger partial charge is 0.235 e. The number of anilines is 1. The molecule has 1 amide bonds. The minimum Gasteiger partial charge on any atom is -0.506 e. The number of phenols is 1. The van der Waals surface area contributed by atoms with Crippen LogP contribution in [0.25, 0.3) is 0 Å². The Bertz CT molecular complexity index is 1080. The van der Waals surface area contributed by atoms with Gasteiger partial charge < -0.3 is 20.8 Å². The predicted octanol–water partition coefficient (Wildman–Crippen LogP) is -0.00250. The molecule has 31 heavy (non-hydrogen) atoms. The highest BCUT2D eigenvalue weighted by Gasteiger charge is 2.66. The predicted molar refractivity (Wildman–Crippen MR) is 116 cm³/mol. The number of hydrogen-bond donors (Lipinski definition) is 3. The van der Waals surface area contributed by atoms with Crippen molar-refractivity contribution in [3.05, 3.63) is 20.8 Å². The molecule has 4 rings (SSSR count). The average Bonchev–Trinajstić information content (AvgIpc) is 2.66. The number of benzene rings is 1. The average molecular weight is 540 g/mol. The Balaban J connectivity index is 1.85. The Morgan fingerprint density at radius 3 is 2.42 bits per heavy atom. The van der Waals surface area contributed by atoms with E-state index in [1.807, 2.05) is 22.6 Å². The lowest BCUT2D eigenvalue weighted by Gasteiger charge is -2.48. The lowest BCUT2D eigenvalue weighted by molar-refractivity contribution is -0.175. The summed E-state index contributed by atoms with van der Waals surface area (Å²) >= 11 is 1.89. The summed E-state index contributed by atoms with van der Waals surface area (Å²) in [6.45, 7) is 0. The Hall–Kier alpha value is -2.34. The third-order valence-corrected chi connectivity index (χ3v) is 7.64. The zero-order valence-corrected chi connectivity index (χ0v) is 19.0. The quantitative estimate of drug-likeness (QED) is 0.350. The maximum Gasteiger partial charge on any atom is 0.235 e. The highest BCUT2D eigenvalue weighted by Crippen LogP contribution is 2.51. The van der Waals surface area contributed by atoms with Gasteiger partial charge in [-0.25, -0.2) is 0 Å². The van der Waals surface area contributed by atoms with Gasteiger partial charge in [-0.05, 0) is 53.0 Å². The number of fused-ring (bicyclic) bond motifs is 3. The lowest BCUT2D eigenvalue weighted by atomic mass is 9.54. The summed E-state index contributed by atoms with van der Waals surface area (Å²) in [4.78, 5) is 65.5. The van der Waals surface area contributed by atoms with Crippen LogP contribution >= 0.6 is 22.6 Å². The van der Waals surface area contributed by atoms with Crippen molar-refractivity contribution in [2.24, 2.45) is 29.4 Å². The summed E-state index contributed by atoms with van der Waals surface area (Å²) in [5.74, 6) is -9.92. The van der Waals surface area contributed by atoms with Crippen LogP contribution in [0.1, 0.15) is 28.8 Å². The molecule has 0 heterocycles. The number of carbonyl (C=O) groups excluding carboxylic acids is 5. The maximum atomic E-state index is 13.4. The van der Waals surface area contributed by atoms with Crippen molar-refractivity contribution in [3.8, 4) is 5.75 Å². The summed E-state index contributed by atoms with van der Waals surface area (Å²) in [6.07, 6.45) is 0.00861. The third-order valence-electron chi connectivity index (χ3n) is 6.81. The van der Waals surface area contributed by atoms with Crippen molar-refractivity contribution < 1.29 is 34.2 Å². The van der Waals surface area contributed by atoms with Crippen LogP contribution in [0.15, 0.2) is 6.07 Å². The molecule has 0 bridgehead atoms. The number of nitrogens with zero attached hydrogens (tertiary/aromatic N) is 1. The van der Waals surface area contributed by atoms with Gasteiger partial charge in [-0.15, -0.1) is 0 Å². The molecule has 2 fully saturated rings. The van der Waals surface area contributed by atoms with E-state index in [1.54, 1.807) is 25.1 Å². The standard InChI is InChI=1S/C21H21IN2O7/c1-24(2)11-6-10(22)16(26)14-9(11)4-7-3-8-5-12(25)15(20(23)30)19(29)21(8,31)18(28)13(7)17(14)27/h6-8,13,15,26,31H,3-5H2,1-2H3,(H2,23,30)/t7-,8+,13?,15?,21+/m1/s1. The number of carbonyl (C=O) groups is 5. The molecule has 10 heteroatoms. The highest BCUT2D eigenvalue weighted by atomic mass is 127. The molecule has 0 radical (unpaired) electrons. The molecule has 0 saturated heterocycles. The summed E-state index contributed by atoms with van der Waals surface area (Å²) in [7, 11) is 3.60. The first-order valence-electron chi connectivity index (χ1n) is 9.80. The van der Waals surface area contributed by atoms with Gasteiger partial charge in [0, 0.05) is 32.1 Å². The van der Waals surface area contributed by atoms with Gasteiger partial charge >= 0.3 is 0 Å². The molecule has 3 aliphatic carbocycles. The molecule has 1 aromatic rings. The minimum absolute atomic E-state index is 0.0121. The first-order valence-corrected chi connectivity index (χ1v) is 10.9. The minimum atomic E-state index is -2.62. The molecule has 3 aliphatic rings. The number of halogens is 1. The molecular weight excluding hydrogens is 519 g/mol. The number of rotatable bonds is 2. The fourth-order valence-corrected chi connectivity index (χ4v) is 5.95. The van der Waals surface area contributed by atoms with Crippen molar-refractivity contribution in [1.29, 1.82) is 0 Å². The van der Waals surface area contributed by atoms with Crippen molar-refractivity contribution >= 4 is 57.3 Å². The first kappa shape index (κ1) is 21.9. The summed E-state index contributed by atoms with van der Waals surface area (Å²) < 4.78 is 0.430. The molecule has 0 aromatic heterocycles. The van der Waals surface area contributed by atoms with Gasteiger partial charge in [0.1, 0.15) is 5.75 Å². The molecule has 5 atom stereocenters. The second-order valence-corrected chi connectivity index (χ2v) is 9.88. The third kappa shape index (κ3) is 2.87. The van der Waals surface area contributed by atoms with E-state index in [1.165, 1.54) is 0 Å². The first-order chi connectivity index (χ1) is 14.4. The summed E-state index contributed by atoms with van der Waals surface area (Å²) in [5, 5.41) is 21.8. The molecule has 2 unspecified atom stereocenters. The molecule has 0 aliphatic heterocycles. The number of Topliss-reactive ketones (excluding diaryl/α,β-unsaturated/α-hetero) is 4. The van der Waals surface area contributed by atoms with E-state index in [9.17, 15) is 34.2 Å². The van der Waals surface area contributed by atoms with Gasteiger partial charge in [-0.2, -0.15) is 0 Å². The normalized spacial score (nSPS) is 32.3. The van der Waals surface area contributed by atoms with Crippen LogP contribution in [0.2, 0.25) is 0 Å². The van der Waals surface area contributed by atoms with Crippen LogP contribution in [0.4, 0.5) is 5.69 Å². The number of hydrogen-bond acceptors (Lipinski definition) is 8. The number of nitrogens with two attached hydrogens (primary N) is 1. The van der Waals surface area contributed by atoms with E-state index in [-0.39, 0.29) is 30.6 Å². The number of ketones is 4. The maximum absolute atomic E-state index is 13.4. The second kappa shape index (κ2) is 7.09. The Morgan fingerprint density at radius 2 is 1.84 bits per heavy atom. The van der Waals surface area contributed by atoms with E-state index in [4.69, 9.17) is 5.73 Å². The van der Waals surface area contributed by atoms with Gasteiger partial charge in [-0.3, -0.25) is 24.0 Å². The fraction of sp³-hybridized carbons (Fsp3) is 0.476. The van der Waals surface area contributed by atoms with Gasteiger partial charge in [0.05, 0.1) is 15.1 Å². The Morgan fingerprint density at radius 1 is 1.19 bits per heavy atom. The molecule has 9 nitrogen and oxygen atoms in total. The number of primary amides is 1. The van der Waals surface area contributed by atoms with Gasteiger partial charge in [-0.1, -0.05) is 0 Å². The Labute approximate surface area is 191 Å². The molecular formula is C21H21IN2O7. The SMILES string of the molecule is CN(C)c1cc(I)c(O)c2c1C[C@H]1C[C@H]3CC(=O)C(C(N)=O)C(=O)[C@@]3(O)C(=O)C1C2=O. The number of aromatic hydroxyl groups is 1. The van der Waals surface area contributed by atoms with Crippen LogP contribution in [-0.4, -0.2) is 58.9 Å². The molecule has 4 N–H and O–H groups in total. The van der Waals surface area contributed by atoms with E-state index in [0.717, 1.165) is 5.69 Å². The van der Waals surface area contributed by atoms with Crippen LogP contribution in [-0.2, 0) is 25.6 Å². The highest BCUT2D eigenvalue weighted by molar-refractivity contribution is 14.1. The van der Waals surface area contributed by atoms with Gasteiger partial charge in [0.25, 0.3) is 0 Å². The number of aliphatic hydroxyl groups is 1.